The smallest absolute Gasteiger partial charge is 0.307 e. The molecule has 1 saturated heterocycles. The summed E-state index contributed by atoms with van der Waals surface area (Å²) in [5.74, 6) is -0.314. The van der Waals surface area contributed by atoms with Gasteiger partial charge in [0.1, 0.15) is 10.8 Å². The molecule has 7 heteroatoms. The molecule has 1 aliphatic heterocycles. The van der Waals surface area contributed by atoms with Gasteiger partial charge >= 0.3 is 10.2 Å². The summed E-state index contributed by atoms with van der Waals surface area (Å²) in [6.45, 7) is 0.319. The van der Waals surface area contributed by atoms with Gasteiger partial charge in [0.2, 0.25) is 5.91 Å². The number of fused-ring (bicyclic) bond motifs is 1. The first-order valence-electron chi connectivity index (χ1n) is 6.61. The molecular formula is C14H14FNO4S. The average Bonchev–Trinajstić information content (AvgIpc) is 3.01. The Kier molecular flexibility index (Phi) is 3.44. The van der Waals surface area contributed by atoms with E-state index >= 15 is 0 Å². The first kappa shape index (κ1) is 14.1. The summed E-state index contributed by atoms with van der Waals surface area (Å²) < 4.78 is 39.9. The van der Waals surface area contributed by atoms with E-state index in [9.17, 15) is 17.1 Å². The number of rotatable bonds is 4. The predicted octanol–water partition coefficient (Wildman–Crippen LogP) is 1.88. The Balaban J connectivity index is 1.66. The Hall–Kier alpha value is -1.89. The number of carbonyl (C=O) groups excluding carboxylic acids is 1. The highest BCUT2D eigenvalue weighted by Crippen LogP contribution is 2.21. The van der Waals surface area contributed by atoms with Crippen LogP contribution in [0.15, 0.2) is 34.9 Å². The van der Waals surface area contributed by atoms with Gasteiger partial charge in [-0.3, -0.25) is 4.79 Å². The maximum absolute atomic E-state index is 12.9. The summed E-state index contributed by atoms with van der Waals surface area (Å²) >= 11 is 0. The first-order chi connectivity index (χ1) is 9.93. The van der Waals surface area contributed by atoms with E-state index in [0.29, 0.717) is 13.0 Å². The van der Waals surface area contributed by atoms with Crippen molar-refractivity contribution in [3.05, 3.63) is 36.1 Å². The van der Waals surface area contributed by atoms with Crippen molar-refractivity contribution in [1.29, 1.82) is 0 Å². The minimum atomic E-state index is -4.65. The normalized spacial score (nSPS) is 19.6. The molecule has 1 unspecified atom stereocenters. The number of furan rings is 1. The lowest BCUT2D eigenvalue weighted by molar-refractivity contribution is -0.127. The van der Waals surface area contributed by atoms with Crippen molar-refractivity contribution in [2.24, 2.45) is 0 Å². The minimum Gasteiger partial charge on any atom is -0.464 e. The average molecular weight is 311 g/mol. The van der Waals surface area contributed by atoms with Crippen LogP contribution in [0.25, 0.3) is 11.0 Å². The van der Waals surface area contributed by atoms with E-state index < -0.39 is 15.5 Å². The number of halogens is 1. The van der Waals surface area contributed by atoms with E-state index in [0.717, 1.165) is 16.5 Å². The molecule has 21 heavy (non-hydrogen) atoms. The topological polar surface area (TPSA) is 67.6 Å². The summed E-state index contributed by atoms with van der Waals surface area (Å²) in [5.41, 5.74) is 1.81. The lowest BCUT2D eigenvalue weighted by Crippen LogP contribution is -2.29. The Morgan fingerprint density at radius 3 is 2.86 bits per heavy atom. The fourth-order valence-corrected chi connectivity index (χ4v) is 3.28. The molecule has 5 nitrogen and oxygen atoms in total. The van der Waals surface area contributed by atoms with Crippen LogP contribution in [0.4, 0.5) is 3.89 Å². The van der Waals surface area contributed by atoms with Gasteiger partial charge in [0, 0.05) is 24.9 Å². The number of carbonyl (C=O) groups is 1. The van der Waals surface area contributed by atoms with Crippen LogP contribution < -0.4 is 0 Å². The fraction of sp³-hybridized carbons (Fsp3) is 0.357. The number of benzene rings is 1. The summed E-state index contributed by atoms with van der Waals surface area (Å²) in [5, 5.41) is -0.245. The molecule has 0 bridgehead atoms. The van der Waals surface area contributed by atoms with Crippen molar-refractivity contribution < 1.29 is 21.5 Å². The highest BCUT2D eigenvalue weighted by Gasteiger charge is 2.37. The molecule has 0 N–H and O–H groups in total. The van der Waals surface area contributed by atoms with Gasteiger partial charge in [0.05, 0.1) is 6.26 Å². The number of amides is 1. The largest absolute Gasteiger partial charge is 0.464 e. The van der Waals surface area contributed by atoms with Gasteiger partial charge in [-0.1, -0.05) is 6.07 Å². The summed E-state index contributed by atoms with van der Waals surface area (Å²) in [7, 11) is -4.65. The Labute approximate surface area is 121 Å². The van der Waals surface area contributed by atoms with E-state index in [4.69, 9.17) is 4.42 Å². The van der Waals surface area contributed by atoms with Crippen molar-refractivity contribution in [2.75, 3.05) is 13.1 Å². The quantitative estimate of drug-likeness (QED) is 0.809. The first-order valence-corrected chi connectivity index (χ1v) is 8.05. The molecule has 112 valence electrons. The van der Waals surface area contributed by atoms with E-state index in [1.807, 2.05) is 24.3 Å². The zero-order chi connectivity index (χ0) is 15.0. The van der Waals surface area contributed by atoms with Crippen molar-refractivity contribution in [1.82, 2.24) is 4.90 Å². The molecule has 3 rings (SSSR count). The lowest BCUT2D eigenvalue weighted by Gasteiger charge is -2.15. The van der Waals surface area contributed by atoms with Crippen molar-refractivity contribution in [3.63, 3.8) is 0 Å². The van der Waals surface area contributed by atoms with E-state index in [1.54, 1.807) is 6.26 Å². The van der Waals surface area contributed by atoms with Gasteiger partial charge < -0.3 is 9.32 Å². The van der Waals surface area contributed by atoms with Crippen LogP contribution in [0.2, 0.25) is 0 Å². The second-order valence-corrected chi connectivity index (χ2v) is 6.80. The SMILES string of the molecule is O=C1CC(S(=O)(=O)F)CN1CCc1ccc2occc2c1. The fourth-order valence-electron chi connectivity index (χ4n) is 2.58. The lowest BCUT2D eigenvalue weighted by atomic mass is 10.1. The van der Waals surface area contributed by atoms with Crippen molar-refractivity contribution >= 4 is 27.1 Å². The van der Waals surface area contributed by atoms with Crippen LogP contribution in [0, 0.1) is 0 Å². The molecule has 1 aliphatic rings. The Bertz CT molecular complexity index is 783. The second kappa shape index (κ2) is 5.14. The number of hydrogen-bond donors (Lipinski definition) is 0. The van der Waals surface area contributed by atoms with Crippen LogP contribution in [-0.4, -0.2) is 37.6 Å². The van der Waals surface area contributed by atoms with Gasteiger partial charge in [-0.15, -0.1) is 3.89 Å². The van der Waals surface area contributed by atoms with Crippen LogP contribution in [0.1, 0.15) is 12.0 Å². The van der Waals surface area contributed by atoms with E-state index in [1.165, 1.54) is 4.90 Å². The van der Waals surface area contributed by atoms with Crippen LogP contribution in [0.5, 0.6) is 0 Å². The maximum Gasteiger partial charge on any atom is 0.307 e. The highest BCUT2D eigenvalue weighted by atomic mass is 32.3. The Morgan fingerprint density at radius 1 is 1.33 bits per heavy atom. The third kappa shape index (κ3) is 2.92. The zero-order valence-electron chi connectivity index (χ0n) is 11.2. The highest BCUT2D eigenvalue weighted by molar-refractivity contribution is 7.87. The summed E-state index contributed by atoms with van der Waals surface area (Å²) in [6, 6.07) is 7.56. The Morgan fingerprint density at radius 2 is 2.14 bits per heavy atom. The molecule has 0 aliphatic carbocycles. The minimum absolute atomic E-state index is 0.0639. The van der Waals surface area contributed by atoms with Gasteiger partial charge in [0.25, 0.3) is 0 Å². The third-order valence-electron chi connectivity index (χ3n) is 3.76. The molecule has 0 spiro atoms. The molecule has 1 atom stereocenters. The zero-order valence-corrected chi connectivity index (χ0v) is 12.0. The van der Waals surface area contributed by atoms with Gasteiger partial charge in [-0.05, 0) is 30.2 Å². The van der Waals surface area contributed by atoms with Crippen molar-refractivity contribution in [2.45, 2.75) is 18.1 Å². The summed E-state index contributed by atoms with van der Waals surface area (Å²) in [6.07, 6.45) is 1.93. The molecule has 2 aromatic rings. The van der Waals surface area contributed by atoms with Gasteiger partial charge in [-0.25, -0.2) is 0 Å². The van der Waals surface area contributed by atoms with Crippen molar-refractivity contribution in [3.8, 4) is 0 Å². The molecular weight excluding hydrogens is 297 g/mol. The van der Waals surface area contributed by atoms with Gasteiger partial charge in [-0.2, -0.15) is 8.42 Å². The third-order valence-corrected chi connectivity index (χ3v) is 4.88. The summed E-state index contributed by atoms with van der Waals surface area (Å²) in [4.78, 5) is 13.1. The van der Waals surface area contributed by atoms with E-state index in [-0.39, 0.29) is 18.9 Å². The predicted molar refractivity (Wildman–Crippen MR) is 74.9 cm³/mol. The monoisotopic (exact) mass is 311 g/mol. The molecule has 1 aromatic carbocycles. The molecule has 1 aromatic heterocycles. The molecule has 1 amide bonds. The van der Waals surface area contributed by atoms with Crippen LogP contribution >= 0.6 is 0 Å². The molecule has 1 fully saturated rings. The second-order valence-electron chi connectivity index (χ2n) is 5.18. The molecule has 2 heterocycles. The number of nitrogens with zero attached hydrogens (tertiary/aromatic N) is 1. The standard InChI is InChI=1S/C14H14FNO4S/c15-21(18,19)12-8-14(17)16(9-12)5-3-10-1-2-13-11(7-10)4-6-20-13/h1-2,4,6-7,12H,3,5,8-9H2. The van der Waals surface area contributed by atoms with Crippen LogP contribution in [-0.2, 0) is 21.4 Å². The number of likely N-dealkylation sites (tertiary alicyclic amines) is 1. The van der Waals surface area contributed by atoms with Crippen LogP contribution in [0.3, 0.4) is 0 Å². The van der Waals surface area contributed by atoms with E-state index in [2.05, 4.69) is 0 Å². The van der Waals surface area contributed by atoms with Gasteiger partial charge in [0.15, 0.2) is 0 Å². The molecule has 0 radical (unpaired) electrons. The number of hydrogen-bond acceptors (Lipinski definition) is 4. The molecule has 0 saturated carbocycles. The maximum atomic E-state index is 12.9.